The number of hydrazone groups is 1. The first-order valence-corrected chi connectivity index (χ1v) is 8.50. The van der Waals surface area contributed by atoms with Gasteiger partial charge in [0.1, 0.15) is 5.75 Å². The van der Waals surface area contributed by atoms with Crippen LogP contribution < -0.4 is 23.3 Å². The van der Waals surface area contributed by atoms with Gasteiger partial charge >= 0.3 is 0 Å². The Labute approximate surface area is 160 Å². The van der Waals surface area contributed by atoms with Gasteiger partial charge in [0.25, 0.3) is 11.1 Å². The second-order valence-electron chi connectivity index (χ2n) is 4.98. The zero-order valence-electron chi connectivity index (χ0n) is 13.5. The van der Waals surface area contributed by atoms with E-state index in [-0.39, 0.29) is 23.7 Å². The summed E-state index contributed by atoms with van der Waals surface area (Å²) in [5.41, 5.74) is 5.24. The van der Waals surface area contributed by atoms with Crippen molar-refractivity contribution in [2.45, 2.75) is 0 Å². The van der Waals surface area contributed by atoms with Crippen LogP contribution >= 0.6 is 11.8 Å². The summed E-state index contributed by atoms with van der Waals surface area (Å²) in [4.78, 5) is 16.3. The fraction of sp³-hybridized carbons (Fsp3) is 0.0588. The number of quaternary nitrogens is 1. The molecule has 1 aliphatic heterocycles. The Morgan fingerprint density at radius 3 is 2.69 bits per heavy atom. The highest BCUT2D eigenvalue weighted by molar-refractivity contribution is 8.13. The van der Waals surface area contributed by atoms with Crippen molar-refractivity contribution in [2.24, 2.45) is 15.2 Å². The zero-order chi connectivity index (χ0) is 17.5. The quantitative estimate of drug-likeness (QED) is 0.317. The predicted octanol–water partition coefficient (Wildman–Crippen LogP) is -1.86. The highest BCUT2D eigenvalue weighted by atomic mass is 35.5. The van der Waals surface area contributed by atoms with E-state index in [1.807, 2.05) is 30.3 Å². The van der Waals surface area contributed by atoms with Crippen molar-refractivity contribution in [1.29, 1.82) is 0 Å². The van der Waals surface area contributed by atoms with E-state index in [4.69, 9.17) is 0 Å². The SMILES string of the molecule is O=C(NN=CCSC1=NC(c2ccccc2)=N[NH2+]1)c1ccccc1O.[Cl-]. The molecule has 0 saturated carbocycles. The standard InChI is InChI=1S/C17H15N5O2S.ClH/c23-14-9-5-4-8-13(14)16(24)21-18-10-11-25-17-19-15(20-22-17)12-6-2-1-3-7-12;/h1-10,23H,11H2,(H,21,24)(H,19,20,22);1H. The summed E-state index contributed by atoms with van der Waals surface area (Å²) >= 11 is 1.46. The van der Waals surface area contributed by atoms with Gasteiger partial charge in [0.15, 0.2) is 0 Å². The lowest BCUT2D eigenvalue weighted by molar-refractivity contribution is -0.536. The van der Waals surface area contributed by atoms with Gasteiger partial charge in [0.2, 0.25) is 5.84 Å². The van der Waals surface area contributed by atoms with Gasteiger partial charge in [-0.25, -0.2) is 5.43 Å². The number of nitrogens with two attached hydrogens (primary N) is 1. The fourth-order valence-electron chi connectivity index (χ4n) is 2.06. The van der Waals surface area contributed by atoms with Crippen LogP contribution in [0.5, 0.6) is 5.75 Å². The van der Waals surface area contributed by atoms with Crippen LogP contribution in [0.4, 0.5) is 0 Å². The minimum atomic E-state index is -0.459. The molecule has 3 rings (SSSR count). The molecule has 4 N–H and O–H groups in total. The van der Waals surface area contributed by atoms with Gasteiger partial charge in [0, 0.05) is 17.5 Å². The maximum absolute atomic E-state index is 11.8. The number of aliphatic imine (C=N–C) groups is 1. The average molecular weight is 390 g/mol. The lowest BCUT2D eigenvalue weighted by Crippen LogP contribution is -3.00. The Balaban J connectivity index is 0.00000243. The summed E-state index contributed by atoms with van der Waals surface area (Å²) < 4.78 is 0. The van der Waals surface area contributed by atoms with Crippen LogP contribution in [-0.4, -0.2) is 34.0 Å². The summed E-state index contributed by atoms with van der Waals surface area (Å²) in [5, 5.41) is 18.5. The van der Waals surface area contributed by atoms with Crippen molar-refractivity contribution in [3.63, 3.8) is 0 Å². The van der Waals surface area contributed by atoms with Gasteiger partial charge in [-0.15, -0.1) is 0 Å². The van der Waals surface area contributed by atoms with Crippen molar-refractivity contribution in [3.8, 4) is 5.75 Å². The Hall–Kier alpha value is -2.68. The van der Waals surface area contributed by atoms with Crippen molar-refractivity contribution in [1.82, 2.24) is 5.43 Å². The Bertz CT molecular complexity index is 855. The highest BCUT2D eigenvalue weighted by Gasteiger charge is 2.16. The van der Waals surface area contributed by atoms with Crippen molar-refractivity contribution in [3.05, 3.63) is 65.7 Å². The van der Waals surface area contributed by atoms with E-state index in [1.165, 1.54) is 23.9 Å². The first kappa shape index (κ1) is 19.6. The predicted molar refractivity (Wildman–Crippen MR) is 98.9 cm³/mol. The average Bonchev–Trinajstić information content (AvgIpc) is 3.11. The summed E-state index contributed by atoms with van der Waals surface area (Å²) in [6.07, 6.45) is 1.57. The molecule has 0 radical (unpaired) electrons. The molecule has 0 aliphatic carbocycles. The van der Waals surface area contributed by atoms with Crippen LogP contribution in [0.15, 0.2) is 69.8 Å². The molecule has 2 aromatic rings. The number of benzene rings is 2. The van der Waals surface area contributed by atoms with E-state index in [0.29, 0.717) is 11.6 Å². The molecule has 1 amide bonds. The second kappa shape index (κ2) is 9.71. The maximum atomic E-state index is 11.8. The molecular formula is C17H16ClN5O2S. The third-order valence-corrected chi connectivity index (χ3v) is 4.07. The number of amidine groups is 2. The molecule has 0 unspecified atom stereocenters. The number of para-hydroxylation sites is 1. The summed E-state index contributed by atoms with van der Waals surface area (Å²) in [7, 11) is 0. The number of carbonyl (C=O) groups excluding carboxylic acids is 1. The van der Waals surface area contributed by atoms with E-state index in [1.54, 1.807) is 23.8 Å². The molecule has 7 nitrogen and oxygen atoms in total. The molecule has 0 saturated heterocycles. The number of phenolic OH excluding ortho intramolecular Hbond substituents is 1. The first-order valence-electron chi connectivity index (χ1n) is 7.52. The molecule has 1 heterocycles. The van der Waals surface area contributed by atoms with Crippen LogP contribution in [0.1, 0.15) is 15.9 Å². The number of halogens is 1. The van der Waals surface area contributed by atoms with E-state index in [0.717, 1.165) is 10.7 Å². The van der Waals surface area contributed by atoms with Crippen molar-refractivity contribution in [2.75, 3.05) is 5.75 Å². The Morgan fingerprint density at radius 2 is 1.92 bits per heavy atom. The lowest BCUT2D eigenvalue weighted by Gasteiger charge is -2.01. The molecule has 0 fully saturated rings. The van der Waals surface area contributed by atoms with Crippen molar-refractivity contribution < 1.29 is 27.7 Å². The summed E-state index contributed by atoms with van der Waals surface area (Å²) in [6.45, 7) is 0. The third-order valence-electron chi connectivity index (χ3n) is 3.26. The van der Waals surface area contributed by atoms with E-state index < -0.39 is 5.91 Å². The number of nitrogens with zero attached hydrogens (tertiary/aromatic N) is 3. The Kier molecular flexibility index (Phi) is 7.34. The maximum Gasteiger partial charge on any atom is 0.289 e. The van der Waals surface area contributed by atoms with Gasteiger partial charge in [-0.2, -0.15) is 15.5 Å². The number of phenols is 1. The fourth-order valence-corrected chi connectivity index (χ4v) is 2.66. The van der Waals surface area contributed by atoms with Crippen LogP contribution in [0.25, 0.3) is 0 Å². The second-order valence-corrected chi connectivity index (χ2v) is 6.02. The molecule has 1 aliphatic rings. The van der Waals surface area contributed by atoms with E-state index in [2.05, 4.69) is 20.6 Å². The molecule has 0 aromatic heterocycles. The number of aromatic hydroxyl groups is 1. The number of hydrogen-bond acceptors (Lipinski definition) is 6. The smallest absolute Gasteiger partial charge is 0.289 e. The molecule has 0 atom stereocenters. The molecule has 2 aromatic carbocycles. The highest BCUT2D eigenvalue weighted by Crippen LogP contribution is 2.14. The molecule has 134 valence electrons. The molecule has 26 heavy (non-hydrogen) atoms. The monoisotopic (exact) mass is 389 g/mol. The minimum absolute atomic E-state index is 0. The van der Waals surface area contributed by atoms with Crippen LogP contribution in [0.2, 0.25) is 0 Å². The van der Waals surface area contributed by atoms with E-state index in [9.17, 15) is 9.90 Å². The number of nitrogens with one attached hydrogen (secondary N) is 1. The van der Waals surface area contributed by atoms with Gasteiger partial charge < -0.3 is 17.5 Å². The minimum Gasteiger partial charge on any atom is -1.00 e. The van der Waals surface area contributed by atoms with E-state index >= 15 is 0 Å². The number of rotatable bonds is 5. The van der Waals surface area contributed by atoms with Crippen LogP contribution in [0, 0.1) is 0 Å². The normalized spacial score (nSPS) is 13.1. The molecule has 9 heteroatoms. The van der Waals surface area contributed by atoms with Gasteiger partial charge in [-0.1, -0.05) is 47.6 Å². The van der Waals surface area contributed by atoms with Gasteiger partial charge in [-0.3, -0.25) is 4.79 Å². The largest absolute Gasteiger partial charge is 1.00 e. The molecule has 0 spiro atoms. The number of thioether (sulfide) groups is 1. The van der Waals surface area contributed by atoms with Crippen LogP contribution in [-0.2, 0) is 0 Å². The van der Waals surface area contributed by atoms with Crippen molar-refractivity contribution >= 4 is 34.9 Å². The topological polar surface area (TPSA) is 103 Å². The zero-order valence-corrected chi connectivity index (χ0v) is 15.1. The molecule has 0 bridgehead atoms. The Morgan fingerprint density at radius 1 is 1.19 bits per heavy atom. The third kappa shape index (κ3) is 5.16. The summed E-state index contributed by atoms with van der Waals surface area (Å²) in [6, 6.07) is 16.0. The first-order chi connectivity index (χ1) is 12.2. The summed E-state index contributed by atoms with van der Waals surface area (Å²) in [5.74, 6) is 0.685. The molecular weight excluding hydrogens is 374 g/mol. The number of amides is 1. The van der Waals surface area contributed by atoms with Gasteiger partial charge in [-0.05, 0) is 23.9 Å². The lowest BCUT2D eigenvalue weighted by atomic mass is 10.2. The number of carbonyl (C=O) groups is 1. The van der Waals surface area contributed by atoms with Gasteiger partial charge in [0.05, 0.1) is 5.56 Å². The number of hydrogen-bond donors (Lipinski definition) is 3. The van der Waals surface area contributed by atoms with Crippen LogP contribution in [0.3, 0.4) is 0 Å².